The zero-order valence-electron chi connectivity index (χ0n) is 9.76. The molecule has 94 valence electrons. The van der Waals surface area contributed by atoms with Crippen molar-refractivity contribution in [3.05, 3.63) is 33.8 Å². The molecule has 1 aliphatic rings. The standard InChI is InChI=1S/C14H17BrCl2/c15-12(7-5-10-3-1-2-4-10)11-6-8-13(16)14(17)9-11/h6,8-10,12H,1-5,7H2. The third-order valence-corrected chi connectivity index (χ3v) is 5.33. The van der Waals surface area contributed by atoms with Gasteiger partial charge in [-0.05, 0) is 36.5 Å². The smallest absolute Gasteiger partial charge is 0.0595 e. The van der Waals surface area contributed by atoms with E-state index in [2.05, 4.69) is 22.0 Å². The van der Waals surface area contributed by atoms with E-state index in [1.807, 2.05) is 12.1 Å². The van der Waals surface area contributed by atoms with E-state index in [-0.39, 0.29) is 0 Å². The second kappa shape index (κ2) is 6.45. The Kier molecular flexibility index (Phi) is 5.20. The maximum Gasteiger partial charge on any atom is 0.0595 e. The van der Waals surface area contributed by atoms with E-state index in [9.17, 15) is 0 Å². The van der Waals surface area contributed by atoms with Gasteiger partial charge in [0.2, 0.25) is 0 Å². The first-order valence-corrected chi connectivity index (χ1v) is 7.93. The average molecular weight is 336 g/mol. The highest BCUT2D eigenvalue weighted by atomic mass is 79.9. The normalized spacial score (nSPS) is 18.5. The second-order valence-electron chi connectivity index (χ2n) is 4.87. The summed E-state index contributed by atoms with van der Waals surface area (Å²) in [6, 6.07) is 5.91. The quantitative estimate of drug-likeness (QED) is 0.558. The molecule has 0 nitrogen and oxygen atoms in total. The van der Waals surface area contributed by atoms with Crippen LogP contribution < -0.4 is 0 Å². The summed E-state index contributed by atoms with van der Waals surface area (Å²) in [5.41, 5.74) is 1.23. The number of rotatable bonds is 4. The molecule has 0 radical (unpaired) electrons. The van der Waals surface area contributed by atoms with E-state index >= 15 is 0 Å². The molecule has 0 heterocycles. The highest BCUT2D eigenvalue weighted by molar-refractivity contribution is 9.09. The van der Waals surface area contributed by atoms with Gasteiger partial charge >= 0.3 is 0 Å². The highest BCUT2D eigenvalue weighted by Gasteiger charge is 2.17. The van der Waals surface area contributed by atoms with Crippen molar-refractivity contribution in [2.45, 2.75) is 43.4 Å². The van der Waals surface area contributed by atoms with Crippen LogP contribution in [0.2, 0.25) is 10.0 Å². The van der Waals surface area contributed by atoms with Crippen LogP contribution in [-0.4, -0.2) is 0 Å². The van der Waals surface area contributed by atoms with Gasteiger partial charge in [-0.2, -0.15) is 0 Å². The van der Waals surface area contributed by atoms with Gasteiger partial charge in [-0.25, -0.2) is 0 Å². The molecule has 1 unspecified atom stereocenters. The number of hydrogen-bond donors (Lipinski definition) is 0. The number of halogens is 3. The first-order chi connectivity index (χ1) is 8.16. The fraction of sp³-hybridized carbons (Fsp3) is 0.571. The molecule has 0 N–H and O–H groups in total. The van der Waals surface area contributed by atoms with Gasteiger partial charge in [0, 0.05) is 4.83 Å². The summed E-state index contributed by atoms with van der Waals surface area (Å²) in [6.07, 6.45) is 8.18. The van der Waals surface area contributed by atoms with Crippen LogP contribution in [0.3, 0.4) is 0 Å². The molecule has 1 aromatic carbocycles. The second-order valence-corrected chi connectivity index (χ2v) is 6.79. The van der Waals surface area contributed by atoms with Crippen molar-refractivity contribution in [3.63, 3.8) is 0 Å². The van der Waals surface area contributed by atoms with E-state index in [4.69, 9.17) is 23.2 Å². The van der Waals surface area contributed by atoms with Crippen molar-refractivity contribution in [1.82, 2.24) is 0 Å². The zero-order valence-corrected chi connectivity index (χ0v) is 12.9. The Morgan fingerprint density at radius 3 is 2.53 bits per heavy atom. The summed E-state index contributed by atoms with van der Waals surface area (Å²) in [7, 11) is 0. The minimum atomic E-state index is 0.401. The van der Waals surface area contributed by atoms with Gasteiger partial charge in [0.15, 0.2) is 0 Å². The molecule has 0 aromatic heterocycles. The fourth-order valence-corrected chi connectivity index (χ4v) is 3.41. The van der Waals surface area contributed by atoms with Crippen LogP contribution in [0.25, 0.3) is 0 Å². The van der Waals surface area contributed by atoms with Gasteiger partial charge in [-0.15, -0.1) is 0 Å². The maximum absolute atomic E-state index is 6.03. The lowest BCUT2D eigenvalue weighted by Gasteiger charge is -2.14. The maximum atomic E-state index is 6.03. The SMILES string of the molecule is Clc1ccc(C(Br)CCC2CCCC2)cc1Cl. The van der Waals surface area contributed by atoms with E-state index in [0.717, 1.165) is 5.92 Å². The number of alkyl halides is 1. The lowest BCUT2D eigenvalue weighted by molar-refractivity contribution is 0.483. The lowest BCUT2D eigenvalue weighted by atomic mass is 9.98. The number of benzene rings is 1. The van der Waals surface area contributed by atoms with Crippen LogP contribution in [0.4, 0.5) is 0 Å². The average Bonchev–Trinajstić information content (AvgIpc) is 2.82. The molecule has 1 aromatic rings. The largest absolute Gasteiger partial charge is 0.0839 e. The van der Waals surface area contributed by atoms with Crippen molar-refractivity contribution >= 4 is 39.1 Å². The summed E-state index contributed by atoms with van der Waals surface area (Å²) in [5, 5.41) is 1.28. The van der Waals surface area contributed by atoms with Crippen molar-refractivity contribution < 1.29 is 0 Å². The Morgan fingerprint density at radius 1 is 1.18 bits per heavy atom. The summed E-state index contributed by atoms with van der Waals surface area (Å²) in [5.74, 6) is 0.942. The minimum Gasteiger partial charge on any atom is -0.0839 e. The Labute approximate surface area is 122 Å². The molecular formula is C14H17BrCl2. The fourth-order valence-electron chi connectivity index (χ4n) is 2.55. The van der Waals surface area contributed by atoms with E-state index in [0.29, 0.717) is 14.9 Å². The monoisotopic (exact) mass is 334 g/mol. The van der Waals surface area contributed by atoms with Crippen LogP contribution >= 0.6 is 39.1 Å². The molecular weight excluding hydrogens is 319 g/mol. The summed E-state index contributed by atoms with van der Waals surface area (Å²) >= 11 is 15.7. The highest BCUT2D eigenvalue weighted by Crippen LogP contribution is 2.36. The van der Waals surface area contributed by atoms with Gasteiger partial charge in [0.1, 0.15) is 0 Å². The predicted octanol–water partition coefficient (Wildman–Crippen LogP) is 6.40. The van der Waals surface area contributed by atoms with Gasteiger partial charge in [-0.1, -0.05) is 70.9 Å². The molecule has 0 saturated heterocycles. The Balaban J connectivity index is 1.89. The molecule has 0 bridgehead atoms. The molecule has 1 saturated carbocycles. The van der Waals surface area contributed by atoms with Crippen LogP contribution in [0.5, 0.6) is 0 Å². The van der Waals surface area contributed by atoms with E-state index in [1.54, 1.807) is 0 Å². The van der Waals surface area contributed by atoms with E-state index < -0.39 is 0 Å². The minimum absolute atomic E-state index is 0.401. The molecule has 1 aliphatic carbocycles. The third kappa shape index (κ3) is 3.87. The Bertz CT molecular complexity index is 372. The number of hydrogen-bond acceptors (Lipinski definition) is 0. The molecule has 0 spiro atoms. The van der Waals surface area contributed by atoms with Crippen LogP contribution in [0, 0.1) is 5.92 Å². The molecule has 0 amide bonds. The Hall–Kier alpha value is 0.280. The van der Waals surface area contributed by atoms with Crippen LogP contribution in [0.15, 0.2) is 18.2 Å². The first-order valence-electron chi connectivity index (χ1n) is 6.26. The van der Waals surface area contributed by atoms with E-state index in [1.165, 1.54) is 44.1 Å². The van der Waals surface area contributed by atoms with Gasteiger partial charge < -0.3 is 0 Å². The zero-order chi connectivity index (χ0) is 12.3. The van der Waals surface area contributed by atoms with Crippen molar-refractivity contribution in [2.24, 2.45) is 5.92 Å². The lowest BCUT2D eigenvalue weighted by Crippen LogP contribution is -1.97. The van der Waals surface area contributed by atoms with Gasteiger partial charge in [0.05, 0.1) is 10.0 Å². The summed E-state index contributed by atoms with van der Waals surface area (Å²) in [6.45, 7) is 0. The van der Waals surface area contributed by atoms with Gasteiger partial charge in [-0.3, -0.25) is 0 Å². The molecule has 17 heavy (non-hydrogen) atoms. The van der Waals surface area contributed by atoms with Crippen molar-refractivity contribution in [1.29, 1.82) is 0 Å². The first kappa shape index (κ1) is 13.7. The van der Waals surface area contributed by atoms with Crippen LogP contribution in [-0.2, 0) is 0 Å². The van der Waals surface area contributed by atoms with Crippen molar-refractivity contribution in [2.75, 3.05) is 0 Å². The predicted molar refractivity (Wildman–Crippen MR) is 79.3 cm³/mol. The third-order valence-electron chi connectivity index (χ3n) is 3.61. The Morgan fingerprint density at radius 2 is 1.88 bits per heavy atom. The van der Waals surface area contributed by atoms with Crippen LogP contribution in [0.1, 0.15) is 48.9 Å². The van der Waals surface area contributed by atoms with Crippen molar-refractivity contribution in [3.8, 4) is 0 Å². The molecule has 3 heteroatoms. The molecule has 2 rings (SSSR count). The summed E-state index contributed by atoms with van der Waals surface area (Å²) in [4.78, 5) is 0.401. The molecule has 1 fully saturated rings. The molecule has 1 atom stereocenters. The summed E-state index contributed by atoms with van der Waals surface area (Å²) < 4.78 is 0. The topological polar surface area (TPSA) is 0 Å². The van der Waals surface area contributed by atoms with Gasteiger partial charge in [0.25, 0.3) is 0 Å². The molecule has 0 aliphatic heterocycles.